The smallest absolute Gasteiger partial charge is 0.407 e. The highest BCUT2D eigenvalue weighted by Crippen LogP contribution is 2.12. The van der Waals surface area contributed by atoms with Crippen molar-refractivity contribution in [2.24, 2.45) is 5.92 Å². The van der Waals surface area contributed by atoms with E-state index < -0.39 is 29.7 Å². The number of terminal acetylenes is 1. The van der Waals surface area contributed by atoms with Crippen molar-refractivity contribution < 1.29 is 27.8 Å². The number of alkyl carbamates (subject to hydrolysis) is 1. The Morgan fingerprint density at radius 2 is 1.79 bits per heavy atom. The van der Waals surface area contributed by atoms with E-state index in [0.29, 0.717) is 12.3 Å². The average molecular weight is 395 g/mol. The zero-order chi connectivity index (χ0) is 20.9. The maximum atomic E-state index is 13.4. The number of carbonyl (C=O) groups is 2. The molecule has 0 spiro atoms. The quantitative estimate of drug-likeness (QED) is 0.350. The van der Waals surface area contributed by atoms with Crippen molar-refractivity contribution in [3.63, 3.8) is 0 Å². The molecule has 0 radical (unpaired) electrons. The first-order valence-corrected chi connectivity index (χ1v) is 9.30. The molecule has 1 rings (SSSR count). The van der Waals surface area contributed by atoms with Gasteiger partial charge in [0.2, 0.25) is 0 Å². The predicted molar refractivity (Wildman–Crippen MR) is 101 cm³/mol. The molecule has 1 atom stereocenters. The lowest BCUT2D eigenvalue weighted by Crippen LogP contribution is -2.43. The standard InChI is InChI=1S/C21H27F2NO4/c1-4-9-27-20(25)19(13-16-11-17(22)14-18(23)12-16)24-21(26)28-10-7-5-6-8-15(2)3/h1,11-12,14-15,19H,5-10,13H2,2-3H3,(H,24,26). The van der Waals surface area contributed by atoms with Crippen LogP contribution >= 0.6 is 0 Å². The topological polar surface area (TPSA) is 64.6 Å². The minimum absolute atomic E-state index is 0.165. The first-order valence-electron chi connectivity index (χ1n) is 9.30. The highest BCUT2D eigenvalue weighted by molar-refractivity contribution is 5.81. The minimum Gasteiger partial charge on any atom is -0.451 e. The van der Waals surface area contributed by atoms with Gasteiger partial charge in [-0.2, -0.15) is 0 Å². The van der Waals surface area contributed by atoms with Crippen molar-refractivity contribution in [3.05, 3.63) is 35.4 Å². The Morgan fingerprint density at radius 3 is 2.39 bits per heavy atom. The molecule has 5 nitrogen and oxygen atoms in total. The van der Waals surface area contributed by atoms with Crippen LogP contribution in [0.25, 0.3) is 0 Å². The van der Waals surface area contributed by atoms with Gasteiger partial charge >= 0.3 is 12.1 Å². The van der Waals surface area contributed by atoms with Crippen molar-refractivity contribution in [2.75, 3.05) is 13.2 Å². The molecule has 1 aromatic rings. The van der Waals surface area contributed by atoms with Gasteiger partial charge in [-0.3, -0.25) is 0 Å². The normalized spacial score (nSPS) is 11.6. The van der Waals surface area contributed by atoms with Crippen molar-refractivity contribution in [1.82, 2.24) is 5.32 Å². The maximum Gasteiger partial charge on any atom is 0.407 e. The molecule has 0 saturated carbocycles. The van der Waals surface area contributed by atoms with Crippen LogP contribution < -0.4 is 5.32 Å². The summed E-state index contributed by atoms with van der Waals surface area (Å²) in [6.07, 6.45) is 7.89. The lowest BCUT2D eigenvalue weighted by Gasteiger charge is -2.17. The van der Waals surface area contributed by atoms with Crippen LogP contribution in [0.15, 0.2) is 18.2 Å². The second-order valence-corrected chi connectivity index (χ2v) is 6.87. The SMILES string of the molecule is C#CCOC(=O)C(Cc1cc(F)cc(F)c1)NC(=O)OCCCCCC(C)C. The van der Waals surface area contributed by atoms with Gasteiger partial charge < -0.3 is 14.8 Å². The van der Waals surface area contributed by atoms with Gasteiger partial charge in [-0.05, 0) is 30.0 Å². The van der Waals surface area contributed by atoms with Crippen LogP contribution in [-0.4, -0.2) is 31.3 Å². The van der Waals surface area contributed by atoms with Crippen LogP contribution in [0.5, 0.6) is 0 Å². The number of hydrogen-bond acceptors (Lipinski definition) is 4. The minimum atomic E-state index is -1.18. The molecule has 0 fully saturated rings. The van der Waals surface area contributed by atoms with E-state index in [1.54, 1.807) is 0 Å². The van der Waals surface area contributed by atoms with Crippen molar-refractivity contribution >= 4 is 12.1 Å². The number of hydrogen-bond donors (Lipinski definition) is 1. The van der Waals surface area contributed by atoms with Crippen molar-refractivity contribution in [3.8, 4) is 12.3 Å². The largest absolute Gasteiger partial charge is 0.451 e. The summed E-state index contributed by atoms with van der Waals surface area (Å²) in [6, 6.07) is 1.69. The fourth-order valence-corrected chi connectivity index (χ4v) is 2.55. The molecule has 0 aliphatic carbocycles. The maximum absolute atomic E-state index is 13.4. The Morgan fingerprint density at radius 1 is 1.11 bits per heavy atom. The molecular weight excluding hydrogens is 368 g/mol. The second kappa shape index (κ2) is 12.7. The molecule has 0 aliphatic heterocycles. The van der Waals surface area contributed by atoms with Gasteiger partial charge in [-0.15, -0.1) is 6.42 Å². The molecule has 0 saturated heterocycles. The average Bonchev–Trinajstić information content (AvgIpc) is 2.61. The van der Waals surface area contributed by atoms with Crippen LogP contribution in [0.2, 0.25) is 0 Å². The highest BCUT2D eigenvalue weighted by Gasteiger charge is 2.24. The third kappa shape index (κ3) is 9.91. The van der Waals surface area contributed by atoms with Crippen molar-refractivity contribution in [2.45, 2.75) is 52.0 Å². The van der Waals surface area contributed by atoms with Gasteiger partial charge in [0.25, 0.3) is 0 Å². The van der Waals surface area contributed by atoms with Gasteiger partial charge in [-0.25, -0.2) is 18.4 Å². The van der Waals surface area contributed by atoms with Gasteiger partial charge in [0.1, 0.15) is 17.7 Å². The van der Waals surface area contributed by atoms with Crippen LogP contribution in [0.3, 0.4) is 0 Å². The lowest BCUT2D eigenvalue weighted by atomic mass is 10.1. The molecule has 1 aromatic carbocycles. The van der Waals surface area contributed by atoms with E-state index in [-0.39, 0.29) is 25.2 Å². The number of nitrogens with one attached hydrogen (secondary N) is 1. The fraction of sp³-hybridized carbons (Fsp3) is 0.524. The number of unbranched alkanes of at least 4 members (excludes halogenated alkanes) is 2. The lowest BCUT2D eigenvalue weighted by molar-refractivity contribution is -0.144. The summed E-state index contributed by atoms with van der Waals surface area (Å²) in [5, 5.41) is 2.37. The van der Waals surface area contributed by atoms with Gasteiger partial charge in [0.05, 0.1) is 6.61 Å². The summed E-state index contributed by atoms with van der Waals surface area (Å²) in [6.45, 7) is 4.23. The first-order chi connectivity index (χ1) is 13.3. The molecule has 0 aliphatic rings. The summed E-state index contributed by atoms with van der Waals surface area (Å²) in [5.41, 5.74) is 0.189. The molecule has 1 amide bonds. The van der Waals surface area contributed by atoms with E-state index in [0.717, 1.165) is 37.5 Å². The van der Waals surface area contributed by atoms with Gasteiger partial charge in [-0.1, -0.05) is 39.0 Å². The summed E-state index contributed by atoms with van der Waals surface area (Å²) in [5.74, 6) is 0.401. The molecule has 0 heterocycles. The van der Waals surface area contributed by atoms with E-state index in [1.807, 2.05) is 0 Å². The van der Waals surface area contributed by atoms with Crippen molar-refractivity contribution in [1.29, 1.82) is 0 Å². The van der Waals surface area contributed by atoms with E-state index in [4.69, 9.17) is 15.9 Å². The Labute approximate surface area is 164 Å². The third-order valence-electron chi connectivity index (χ3n) is 3.90. The number of rotatable bonds is 11. The summed E-state index contributed by atoms with van der Waals surface area (Å²) in [7, 11) is 0. The number of esters is 1. The van der Waals surface area contributed by atoms with Gasteiger partial charge in [0.15, 0.2) is 6.61 Å². The highest BCUT2D eigenvalue weighted by atomic mass is 19.1. The molecule has 28 heavy (non-hydrogen) atoms. The monoisotopic (exact) mass is 395 g/mol. The molecule has 1 N–H and O–H groups in total. The van der Waals surface area contributed by atoms with Crippen LogP contribution in [0.4, 0.5) is 13.6 Å². The first kappa shape index (κ1) is 23.4. The fourth-order valence-electron chi connectivity index (χ4n) is 2.55. The molecule has 0 bridgehead atoms. The number of halogens is 2. The third-order valence-corrected chi connectivity index (χ3v) is 3.90. The van der Waals surface area contributed by atoms with Gasteiger partial charge in [0, 0.05) is 12.5 Å². The molecule has 0 aromatic heterocycles. The zero-order valence-corrected chi connectivity index (χ0v) is 16.3. The van der Waals surface area contributed by atoms with Crippen LogP contribution in [-0.2, 0) is 20.7 Å². The molecule has 154 valence electrons. The van der Waals surface area contributed by atoms with E-state index in [1.165, 1.54) is 0 Å². The predicted octanol–water partition coefficient (Wildman–Crippen LogP) is 3.99. The number of benzene rings is 1. The zero-order valence-electron chi connectivity index (χ0n) is 16.3. The number of ether oxygens (including phenoxy) is 2. The van der Waals surface area contributed by atoms with Crippen LogP contribution in [0, 0.1) is 29.9 Å². The van der Waals surface area contributed by atoms with Crippen LogP contribution in [0.1, 0.15) is 45.1 Å². The van der Waals surface area contributed by atoms with E-state index in [2.05, 4.69) is 25.1 Å². The summed E-state index contributed by atoms with van der Waals surface area (Å²) < 4.78 is 36.6. The Kier molecular flexibility index (Phi) is 10.6. The summed E-state index contributed by atoms with van der Waals surface area (Å²) in [4.78, 5) is 24.1. The summed E-state index contributed by atoms with van der Waals surface area (Å²) >= 11 is 0. The van der Waals surface area contributed by atoms with E-state index in [9.17, 15) is 18.4 Å². The van der Waals surface area contributed by atoms with E-state index >= 15 is 0 Å². The molecule has 1 unspecified atom stereocenters. The Bertz CT molecular complexity index is 665. The Hall–Kier alpha value is -2.62. The Balaban J connectivity index is 2.58. The number of amides is 1. The second-order valence-electron chi connectivity index (χ2n) is 6.87. The number of carbonyl (C=O) groups excluding carboxylic acids is 2. The molecular formula is C21H27F2NO4. The molecule has 7 heteroatoms.